The van der Waals surface area contributed by atoms with Crippen LogP contribution in [0.4, 0.5) is 20.7 Å². The van der Waals surface area contributed by atoms with Crippen molar-refractivity contribution in [3.05, 3.63) is 66.1 Å². The van der Waals surface area contributed by atoms with Crippen LogP contribution < -0.4 is 10.2 Å². The summed E-state index contributed by atoms with van der Waals surface area (Å²) in [6.07, 6.45) is 6.62. The first kappa shape index (κ1) is 17.5. The fourth-order valence-electron chi connectivity index (χ4n) is 3.85. The summed E-state index contributed by atoms with van der Waals surface area (Å²) in [5.41, 5.74) is 1.93. The minimum Gasteiger partial charge on any atom is -0.509 e. The first-order chi connectivity index (χ1) is 14.1. The van der Waals surface area contributed by atoms with Gasteiger partial charge in [0, 0.05) is 18.9 Å². The molecule has 29 heavy (non-hydrogen) atoms. The lowest BCUT2D eigenvalue weighted by atomic mass is 10.0. The number of urea groups is 1. The average Bonchev–Trinajstić information content (AvgIpc) is 3.32. The molecule has 0 unspecified atom stereocenters. The number of carbonyl (C=O) groups is 1. The number of aliphatic hydroxyl groups excluding tert-OH is 1. The molecule has 0 spiro atoms. The number of aliphatic hydroxyl groups is 1. The Balaban J connectivity index is 1.44. The summed E-state index contributed by atoms with van der Waals surface area (Å²) in [5, 5.41) is 16.2. The van der Waals surface area contributed by atoms with Gasteiger partial charge in [0.2, 0.25) is 0 Å². The summed E-state index contributed by atoms with van der Waals surface area (Å²) >= 11 is 0. The van der Waals surface area contributed by atoms with Gasteiger partial charge in [-0.1, -0.05) is 12.1 Å². The SMILES string of the molecule is O=C(Nc1cnn2ccc(N3CCC[C@@H]3c3cccc(F)c3)nc12)N1C=C(O)C1. The highest BCUT2D eigenvalue weighted by atomic mass is 19.1. The smallest absolute Gasteiger partial charge is 0.326 e. The second-order valence-corrected chi connectivity index (χ2v) is 7.20. The first-order valence-corrected chi connectivity index (χ1v) is 9.42. The molecular weight excluding hydrogens is 375 g/mol. The van der Waals surface area contributed by atoms with Crippen molar-refractivity contribution in [3.63, 3.8) is 0 Å². The topological polar surface area (TPSA) is 86.0 Å². The number of fused-ring (bicyclic) bond motifs is 1. The first-order valence-electron chi connectivity index (χ1n) is 9.42. The van der Waals surface area contributed by atoms with Gasteiger partial charge in [0.25, 0.3) is 0 Å². The number of nitrogens with one attached hydrogen (secondary N) is 1. The molecule has 0 saturated carbocycles. The lowest BCUT2D eigenvalue weighted by Gasteiger charge is -2.26. The minimum atomic E-state index is -0.358. The van der Waals surface area contributed by atoms with Crippen LogP contribution >= 0.6 is 0 Å². The van der Waals surface area contributed by atoms with Crippen molar-refractivity contribution in [3.8, 4) is 0 Å². The van der Waals surface area contributed by atoms with Gasteiger partial charge in [-0.3, -0.25) is 4.90 Å². The lowest BCUT2D eigenvalue weighted by molar-refractivity contribution is 0.208. The van der Waals surface area contributed by atoms with E-state index < -0.39 is 0 Å². The quantitative estimate of drug-likeness (QED) is 0.711. The van der Waals surface area contributed by atoms with E-state index in [4.69, 9.17) is 4.98 Å². The summed E-state index contributed by atoms with van der Waals surface area (Å²) in [7, 11) is 0. The van der Waals surface area contributed by atoms with Crippen LogP contribution in [0.3, 0.4) is 0 Å². The highest BCUT2D eigenvalue weighted by molar-refractivity contribution is 5.94. The molecule has 1 fully saturated rings. The van der Waals surface area contributed by atoms with E-state index in [0.29, 0.717) is 11.3 Å². The number of carbonyl (C=O) groups excluding carboxylic acids is 1. The van der Waals surface area contributed by atoms with Gasteiger partial charge in [-0.15, -0.1) is 0 Å². The number of benzene rings is 1. The summed E-state index contributed by atoms with van der Waals surface area (Å²) in [5.74, 6) is 0.671. The molecule has 2 aliphatic heterocycles. The van der Waals surface area contributed by atoms with Gasteiger partial charge in [-0.2, -0.15) is 5.10 Å². The summed E-state index contributed by atoms with van der Waals surface area (Å²) in [6, 6.07) is 8.25. The number of rotatable bonds is 3. The average molecular weight is 394 g/mol. The van der Waals surface area contributed by atoms with Crippen LogP contribution in [0.5, 0.6) is 0 Å². The van der Waals surface area contributed by atoms with Crippen LogP contribution in [0.25, 0.3) is 5.65 Å². The van der Waals surface area contributed by atoms with Gasteiger partial charge in [0.15, 0.2) is 5.65 Å². The van der Waals surface area contributed by atoms with Crippen molar-refractivity contribution in [2.75, 3.05) is 23.3 Å². The Hall–Kier alpha value is -3.62. The summed E-state index contributed by atoms with van der Waals surface area (Å²) < 4.78 is 15.3. The number of anilines is 2. The highest BCUT2D eigenvalue weighted by Crippen LogP contribution is 2.35. The van der Waals surface area contributed by atoms with Gasteiger partial charge in [-0.05, 0) is 36.6 Å². The number of aromatic nitrogens is 3. The second-order valence-electron chi connectivity index (χ2n) is 7.20. The van der Waals surface area contributed by atoms with Crippen LogP contribution in [0.2, 0.25) is 0 Å². The Bertz CT molecular complexity index is 1130. The molecule has 0 aliphatic carbocycles. The van der Waals surface area contributed by atoms with E-state index in [1.165, 1.54) is 17.2 Å². The van der Waals surface area contributed by atoms with E-state index in [1.54, 1.807) is 29.0 Å². The van der Waals surface area contributed by atoms with E-state index >= 15 is 0 Å². The highest BCUT2D eigenvalue weighted by Gasteiger charge is 2.28. The molecule has 2 amide bonds. The molecule has 5 rings (SSSR count). The predicted octanol–water partition coefficient (Wildman–Crippen LogP) is 3.46. The maximum atomic E-state index is 13.7. The second kappa shape index (κ2) is 6.77. The maximum absolute atomic E-state index is 13.7. The molecule has 3 aromatic rings. The molecule has 148 valence electrons. The van der Waals surface area contributed by atoms with Crippen molar-refractivity contribution in [2.24, 2.45) is 0 Å². The molecule has 2 aromatic heterocycles. The van der Waals surface area contributed by atoms with E-state index in [1.807, 2.05) is 12.1 Å². The van der Waals surface area contributed by atoms with Crippen molar-refractivity contribution < 1.29 is 14.3 Å². The third-order valence-corrected chi connectivity index (χ3v) is 5.27. The Kier molecular flexibility index (Phi) is 4.08. The number of hydrogen-bond acceptors (Lipinski definition) is 5. The predicted molar refractivity (Wildman–Crippen MR) is 105 cm³/mol. The van der Waals surface area contributed by atoms with Gasteiger partial charge >= 0.3 is 6.03 Å². The Labute approximate surface area is 165 Å². The van der Waals surface area contributed by atoms with Gasteiger partial charge in [0.1, 0.15) is 23.1 Å². The van der Waals surface area contributed by atoms with Gasteiger partial charge in [0.05, 0.1) is 18.8 Å². The standard InChI is InChI=1S/C20H19FN6O2/c21-14-4-1-3-13(9-14)17-5-2-7-26(17)18-6-8-27-19(24-18)16(10-22-27)23-20(29)25-11-15(28)12-25/h1,3-4,6,8-11,17,28H,2,5,7,12H2,(H,23,29)/t17-/m1/s1. The molecule has 9 heteroatoms. The van der Waals surface area contributed by atoms with Crippen LogP contribution in [-0.2, 0) is 0 Å². The van der Waals surface area contributed by atoms with Crippen LogP contribution in [-0.4, -0.2) is 43.7 Å². The Morgan fingerprint density at radius 2 is 2.17 bits per heavy atom. The third-order valence-electron chi connectivity index (χ3n) is 5.27. The van der Waals surface area contributed by atoms with E-state index in [-0.39, 0.29) is 30.2 Å². The fraction of sp³-hybridized carbons (Fsp3) is 0.250. The maximum Gasteiger partial charge on any atom is 0.326 e. The van der Waals surface area contributed by atoms with Crippen molar-refractivity contribution in [1.29, 1.82) is 0 Å². The minimum absolute atomic E-state index is 0.0517. The van der Waals surface area contributed by atoms with E-state index in [9.17, 15) is 14.3 Å². The summed E-state index contributed by atoms with van der Waals surface area (Å²) in [6.45, 7) is 1.00. The molecule has 0 radical (unpaired) electrons. The molecule has 4 heterocycles. The number of hydrogen-bond donors (Lipinski definition) is 2. The zero-order valence-corrected chi connectivity index (χ0v) is 15.5. The molecule has 8 nitrogen and oxygen atoms in total. The van der Waals surface area contributed by atoms with Crippen LogP contribution in [0.1, 0.15) is 24.4 Å². The van der Waals surface area contributed by atoms with Crippen LogP contribution in [0.15, 0.2) is 54.7 Å². The fourth-order valence-corrected chi connectivity index (χ4v) is 3.85. The van der Waals surface area contributed by atoms with Crippen molar-refractivity contribution >= 4 is 23.2 Å². The Morgan fingerprint density at radius 3 is 2.97 bits per heavy atom. The van der Waals surface area contributed by atoms with Crippen molar-refractivity contribution in [2.45, 2.75) is 18.9 Å². The molecule has 1 saturated heterocycles. The number of nitrogens with zero attached hydrogens (tertiary/aromatic N) is 5. The largest absolute Gasteiger partial charge is 0.509 e. The zero-order valence-electron chi connectivity index (χ0n) is 15.5. The normalized spacial score (nSPS) is 18.7. The molecule has 1 atom stereocenters. The van der Waals surface area contributed by atoms with Gasteiger partial charge in [-0.25, -0.2) is 18.7 Å². The van der Waals surface area contributed by atoms with E-state index in [2.05, 4.69) is 15.3 Å². The lowest BCUT2D eigenvalue weighted by Crippen LogP contribution is -2.38. The molecule has 0 bridgehead atoms. The summed E-state index contributed by atoms with van der Waals surface area (Å²) in [4.78, 5) is 20.5. The van der Waals surface area contributed by atoms with E-state index in [0.717, 1.165) is 30.8 Å². The molecular formula is C20H19FN6O2. The third kappa shape index (κ3) is 3.14. The monoisotopic (exact) mass is 394 g/mol. The Morgan fingerprint density at radius 1 is 1.31 bits per heavy atom. The molecule has 2 N–H and O–H groups in total. The number of halogens is 1. The molecule has 2 aliphatic rings. The van der Waals surface area contributed by atoms with Crippen LogP contribution in [0, 0.1) is 5.82 Å². The van der Waals surface area contributed by atoms with Crippen molar-refractivity contribution in [1.82, 2.24) is 19.5 Å². The number of amides is 2. The zero-order chi connectivity index (χ0) is 20.0. The van der Waals surface area contributed by atoms with Gasteiger partial charge < -0.3 is 15.3 Å². The molecule has 1 aromatic carbocycles.